The van der Waals surface area contributed by atoms with Gasteiger partial charge in [0.25, 0.3) is 0 Å². The highest BCUT2D eigenvalue weighted by Crippen LogP contribution is 2.30. The Morgan fingerprint density at radius 1 is 1.27 bits per heavy atom. The van der Waals surface area contributed by atoms with Crippen molar-refractivity contribution < 1.29 is 9.53 Å². The number of nitrogens with one attached hydrogen (secondary N) is 1. The first kappa shape index (κ1) is 16.6. The second-order valence-electron chi connectivity index (χ2n) is 6.50. The zero-order valence-corrected chi connectivity index (χ0v) is 14.1. The van der Waals surface area contributed by atoms with Gasteiger partial charge in [-0.15, -0.1) is 0 Å². The van der Waals surface area contributed by atoms with Crippen LogP contribution in [0.2, 0.25) is 0 Å². The van der Waals surface area contributed by atoms with E-state index >= 15 is 0 Å². The summed E-state index contributed by atoms with van der Waals surface area (Å²) < 4.78 is 5.68. The molecular formula is C18H26N2O2. The van der Waals surface area contributed by atoms with Crippen molar-refractivity contribution in [3.8, 4) is 5.75 Å². The topological polar surface area (TPSA) is 45.3 Å². The lowest BCUT2D eigenvalue weighted by molar-refractivity contribution is -0.139. The first-order valence-corrected chi connectivity index (χ1v) is 7.85. The Morgan fingerprint density at radius 3 is 2.64 bits per heavy atom. The Hall–Kier alpha value is -1.81. The Bertz CT molecular complexity index is 644. The van der Waals surface area contributed by atoms with E-state index < -0.39 is 0 Å². The van der Waals surface area contributed by atoms with Gasteiger partial charge >= 0.3 is 5.97 Å². The quantitative estimate of drug-likeness (QED) is 0.656. The number of likely N-dealkylation sites (N-methyl/N-ethyl adjacent to an activating group) is 1. The summed E-state index contributed by atoms with van der Waals surface area (Å²) in [6, 6.07) is 5.80. The molecule has 1 aromatic heterocycles. The van der Waals surface area contributed by atoms with Crippen molar-refractivity contribution in [1.82, 2.24) is 9.88 Å². The van der Waals surface area contributed by atoms with Crippen LogP contribution < -0.4 is 4.74 Å². The highest BCUT2D eigenvalue weighted by molar-refractivity contribution is 5.91. The van der Waals surface area contributed by atoms with Gasteiger partial charge in [-0.25, -0.2) is 0 Å². The summed E-state index contributed by atoms with van der Waals surface area (Å²) in [5.41, 5.74) is 2.19. The van der Waals surface area contributed by atoms with E-state index in [0.29, 0.717) is 5.75 Å². The van der Waals surface area contributed by atoms with Crippen molar-refractivity contribution in [1.29, 1.82) is 0 Å². The maximum Gasteiger partial charge on any atom is 0.314 e. The predicted molar refractivity (Wildman–Crippen MR) is 90.2 cm³/mol. The van der Waals surface area contributed by atoms with E-state index in [1.165, 1.54) is 5.56 Å². The second kappa shape index (κ2) is 6.97. The fourth-order valence-electron chi connectivity index (χ4n) is 2.32. The third kappa shape index (κ3) is 3.69. The first-order valence-electron chi connectivity index (χ1n) is 7.85. The lowest BCUT2D eigenvalue weighted by Crippen LogP contribution is -2.22. The third-order valence-corrected chi connectivity index (χ3v) is 4.16. The van der Waals surface area contributed by atoms with Crippen molar-refractivity contribution in [3.63, 3.8) is 0 Å². The van der Waals surface area contributed by atoms with Crippen LogP contribution in [0.4, 0.5) is 0 Å². The molecule has 1 aromatic carbocycles. The summed E-state index contributed by atoms with van der Waals surface area (Å²) in [6.45, 7) is 6.94. The largest absolute Gasteiger partial charge is 0.426 e. The van der Waals surface area contributed by atoms with Crippen LogP contribution in [0, 0.1) is 11.8 Å². The highest BCUT2D eigenvalue weighted by atomic mass is 16.5. The maximum atomic E-state index is 12.3. The molecule has 0 radical (unpaired) electrons. The lowest BCUT2D eigenvalue weighted by Gasteiger charge is -2.15. The molecule has 120 valence electrons. The van der Waals surface area contributed by atoms with Gasteiger partial charge in [-0.05, 0) is 44.1 Å². The molecule has 2 rings (SSSR count). The minimum absolute atomic E-state index is 0.112. The molecule has 0 saturated carbocycles. The number of benzene rings is 1. The van der Waals surface area contributed by atoms with E-state index in [1.807, 2.05) is 45.2 Å². The number of hydrogen-bond acceptors (Lipinski definition) is 3. The van der Waals surface area contributed by atoms with E-state index in [0.717, 1.165) is 23.9 Å². The van der Waals surface area contributed by atoms with Gasteiger partial charge in [-0.2, -0.15) is 0 Å². The van der Waals surface area contributed by atoms with Gasteiger partial charge in [-0.3, -0.25) is 4.79 Å². The standard InChI is InChI=1S/C18H26N2O2/c1-12(2)13(3)18(21)22-16-8-6-7-15-17(16)14(11-19-15)9-10-20(4)5/h6-8,11-13,19H,9-10H2,1-5H3. The van der Waals surface area contributed by atoms with Crippen molar-refractivity contribution in [2.24, 2.45) is 11.8 Å². The first-order chi connectivity index (χ1) is 10.4. The van der Waals surface area contributed by atoms with Gasteiger partial charge < -0.3 is 14.6 Å². The number of rotatable bonds is 6. The lowest BCUT2D eigenvalue weighted by atomic mass is 9.98. The number of hydrogen-bond donors (Lipinski definition) is 1. The van der Waals surface area contributed by atoms with Crippen LogP contribution in [-0.2, 0) is 11.2 Å². The Labute approximate surface area is 132 Å². The van der Waals surface area contributed by atoms with Crippen LogP contribution in [0.15, 0.2) is 24.4 Å². The average Bonchev–Trinajstić information content (AvgIpc) is 2.88. The molecule has 0 aliphatic carbocycles. The summed E-state index contributed by atoms with van der Waals surface area (Å²) in [7, 11) is 4.11. The second-order valence-corrected chi connectivity index (χ2v) is 6.50. The Kier molecular flexibility index (Phi) is 5.24. The number of aromatic amines is 1. The molecule has 0 aliphatic heterocycles. The summed E-state index contributed by atoms with van der Waals surface area (Å²) in [5, 5.41) is 1.02. The molecule has 1 atom stereocenters. The molecular weight excluding hydrogens is 276 g/mol. The predicted octanol–water partition coefficient (Wildman–Crippen LogP) is 3.47. The molecule has 1 heterocycles. The van der Waals surface area contributed by atoms with E-state index in [1.54, 1.807) is 0 Å². The molecule has 2 aromatic rings. The van der Waals surface area contributed by atoms with E-state index in [-0.39, 0.29) is 17.8 Å². The summed E-state index contributed by atoms with van der Waals surface area (Å²) in [4.78, 5) is 17.7. The number of ether oxygens (including phenoxy) is 1. The summed E-state index contributed by atoms with van der Waals surface area (Å²) in [6.07, 6.45) is 2.93. The van der Waals surface area contributed by atoms with Crippen LogP contribution in [0.25, 0.3) is 10.9 Å². The summed E-state index contributed by atoms with van der Waals surface area (Å²) in [5.74, 6) is 0.651. The van der Waals surface area contributed by atoms with Crippen LogP contribution in [0.3, 0.4) is 0 Å². The van der Waals surface area contributed by atoms with Crippen LogP contribution in [-0.4, -0.2) is 36.5 Å². The molecule has 0 spiro atoms. The van der Waals surface area contributed by atoms with Crippen molar-refractivity contribution in [3.05, 3.63) is 30.0 Å². The molecule has 4 heteroatoms. The smallest absolute Gasteiger partial charge is 0.314 e. The van der Waals surface area contributed by atoms with Crippen molar-refractivity contribution in [2.75, 3.05) is 20.6 Å². The minimum Gasteiger partial charge on any atom is -0.426 e. The van der Waals surface area contributed by atoms with Gasteiger partial charge in [0.15, 0.2) is 0 Å². The molecule has 0 fully saturated rings. The Morgan fingerprint density at radius 2 is 2.00 bits per heavy atom. The number of nitrogens with zero attached hydrogens (tertiary/aromatic N) is 1. The van der Waals surface area contributed by atoms with Gasteiger partial charge in [-0.1, -0.05) is 26.8 Å². The van der Waals surface area contributed by atoms with Crippen LogP contribution >= 0.6 is 0 Å². The van der Waals surface area contributed by atoms with Crippen LogP contribution in [0.5, 0.6) is 5.75 Å². The molecule has 0 saturated heterocycles. The SMILES string of the molecule is CC(C)C(C)C(=O)Oc1cccc2[nH]cc(CCN(C)C)c12. The molecule has 0 amide bonds. The number of aromatic nitrogens is 1. The maximum absolute atomic E-state index is 12.3. The third-order valence-electron chi connectivity index (χ3n) is 4.16. The zero-order valence-electron chi connectivity index (χ0n) is 14.1. The number of fused-ring (bicyclic) bond motifs is 1. The van der Waals surface area contributed by atoms with Crippen molar-refractivity contribution in [2.45, 2.75) is 27.2 Å². The molecule has 0 bridgehead atoms. The monoisotopic (exact) mass is 302 g/mol. The molecule has 22 heavy (non-hydrogen) atoms. The van der Waals surface area contributed by atoms with E-state index in [9.17, 15) is 4.79 Å². The van der Waals surface area contributed by atoms with Crippen molar-refractivity contribution >= 4 is 16.9 Å². The molecule has 0 aliphatic rings. The van der Waals surface area contributed by atoms with Gasteiger partial charge in [0.2, 0.25) is 0 Å². The molecule has 1 unspecified atom stereocenters. The van der Waals surface area contributed by atoms with E-state index in [4.69, 9.17) is 4.74 Å². The number of esters is 1. The fraction of sp³-hybridized carbons (Fsp3) is 0.500. The van der Waals surface area contributed by atoms with Crippen LogP contribution in [0.1, 0.15) is 26.3 Å². The zero-order chi connectivity index (χ0) is 16.3. The van der Waals surface area contributed by atoms with Gasteiger partial charge in [0.1, 0.15) is 5.75 Å². The number of H-pyrrole nitrogens is 1. The molecule has 1 N–H and O–H groups in total. The summed E-state index contributed by atoms with van der Waals surface area (Å²) >= 11 is 0. The highest BCUT2D eigenvalue weighted by Gasteiger charge is 2.20. The van der Waals surface area contributed by atoms with E-state index in [2.05, 4.69) is 24.0 Å². The normalized spacial score (nSPS) is 13.0. The van der Waals surface area contributed by atoms with Gasteiger partial charge in [0.05, 0.1) is 5.92 Å². The molecule has 4 nitrogen and oxygen atoms in total. The number of carbonyl (C=O) groups is 1. The van der Waals surface area contributed by atoms with Gasteiger partial charge in [0, 0.05) is 23.6 Å². The Balaban J connectivity index is 2.29. The fourth-order valence-corrected chi connectivity index (χ4v) is 2.32. The number of carbonyl (C=O) groups excluding carboxylic acids is 1. The average molecular weight is 302 g/mol. The minimum atomic E-state index is -0.165.